The van der Waals surface area contributed by atoms with Crippen molar-refractivity contribution in [2.24, 2.45) is 0 Å². The van der Waals surface area contributed by atoms with E-state index in [0.717, 1.165) is 42.6 Å². The molecule has 1 unspecified atom stereocenters. The predicted octanol–water partition coefficient (Wildman–Crippen LogP) is 3.85. The standard InChI is InChI=1S/C20H22N4O2/c1-14-6-8-17(9-7-14)24-19(16-10-12-26-13-16)21-18(22-24)20(25)23-11-4-3-5-15(23)2/h6-10,12-13,15H,3-5,11H2,1-2H3. The summed E-state index contributed by atoms with van der Waals surface area (Å²) in [6.45, 7) is 4.89. The summed E-state index contributed by atoms with van der Waals surface area (Å²) in [7, 11) is 0. The molecule has 1 aromatic carbocycles. The fraction of sp³-hybridized carbons (Fsp3) is 0.350. The van der Waals surface area contributed by atoms with Crippen molar-refractivity contribution in [1.82, 2.24) is 19.7 Å². The van der Waals surface area contributed by atoms with Crippen molar-refractivity contribution in [3.63, 3.8) is 0 Å². The molecule has 0 bridgehead atoms. The predicted molar refractivity (Wildman–Crippen MR) is 98.1 cm³/mol. The van der Waals surface area contributed by atoms with Gasteiger partial charge in [0.2, 0.25) is 5.82 Å². The number of carbonyl (C=O) groups is 1. The molecule has 134 valence electrons. The number of amides is 1. The lowest BCUT2D eigenvalue weighted by Gasteiger charge is -2.32. The zero-order valence-corrected chi connectivity index (χ0v) is 15.1. The maximum Gasteiger partial charge on any atom is 0.293 e. The number of nitrogens with zero attached hydrogens (tertiary/aromatic N) is 4. The minimum Gasteiger partial charge on any atom is -0.472 e. The Morgan fingerprint density at radius 2 is 2.00 bits per heavy atom. The van der Waals surface area contributed by atoms with E-state index in [-0.39, 0.29) is 17.8 Å². The first-order valence-corrected chi connectivity index (χ1v) is 9.01. The normalized spacial score (nSPS) is 17.5. The summed E-state index contributed by atoms with van der Waals surface area (Å²) < 4.78 is 6.92. The van der Waals surface area contributed by atoms with Crippen molar-refractivity contribution in [2.45, 2.75) is 39.2 Å². The van der Waals surface area contributed by atoms with Gasteiger partial charge in [0.1, 0.15) is 6.26 Å². The Labute approximate surface area is 152 Å². The number of carbonyl (C=O) groups excluding carboxylic acids is 1. The van der Waals surface area contributed by atoms with Crippen LogP contribution >= 0.6 is 0 Å². The molecule has 0 aliphatic carbocycles. The van der Waals surface area contributed by atoms with E-state index in [2.05, 4.69) is 17.0 Å². The second-order valence-corrected chi connectivity index (χ2v) is 6.86. The lowest BCUT2D eigenvalue weighted by atomic mass is 10.0. The molecule has 1 aliphatic rings. The van der Waals surface area contributed by atoms with Gasteiger partial charge in [0, 0.05) is 12.6 Å². The largest absolute Gasteiger partial charge is 0.472 e. The maximum atomic E-state index is 13.0. The van der Waals surface area contributed by atoms with Gasteiger partial charge in [-0.3, -0.25) is 4.79 Å². The summed E-state index contributed by atoms with van der Waals surface area (Å²) in [5, 5.41) is 4.55. The monoisotopic (exact) mass is 350 g/mol. The quantitative estimate of drug-likeness (QED) is 0.720. The van der Waals surface area contributed by atoms with Crippen LogP contribution < -0.4 is 0 Å². The van der Waals surface area contributed by atoms with Crippen LogP contribution in [0.4, 0.5) is 0 Å². The van der Waals surface area contributed by atoms with Crippen LogP contribution in [0.5, 0.6) is 0 Å². The maximum absolute atomic E-state index is 13.0. The Hall–Kier alpha value is -2.89. The van der Waals surface area contributed by atoms with E-state index in [1.807, 2.05) is 42.2 Å². The van der Waals surface area contributed by atoms with Gasteiger partial charge < -0.3 is 9.32 Å². The molecule has 1 saturated heterocycles. The molecule has 2 aromatic heterocycles. The van der Waals surface area contributed by atoms with Crippen molar-refractivity contribution in [3.8, 4) is 17.1 Å². The summed E-state index contributed by atoms with van der Waals surface area (Å²) in [5.41, 5.74) is 2.83. The average Bonchev–Trinajstić information content (AvgIpc) is 3.32. The van der Waals surface area contributed by atoms with Gasteiger partial charge in [-0.25, -0.2) is 9.67 Å². The Morgan fingerprint density at radius 1 is 1.19 bits per heavy atom. The molecule has 1 fully saturated rings. The van der Waals surface area contributed by atoms with Gasteiger partial charge in [-0.1, -0.05) is 17.7 Å². The molecule has 0 spiro atoms. The molecule has 3 heterocycles. The second kappa shape index (κ2) is 6.78. The molecule has 1 aliphatic heterocycles. The SMILES string of the molecule is Cc1ccc(-n2nc(C(=O)N3CCCCC3C)nc2-c2ccoc2)cc1. The van der Waals surface area contributed by atoms with Gasteiger partial charge in [0.15, 0.2) is 5.82 Å². The van der Waals surface area contributed by atoms with Gasteiger partial charge >= 0.3 is 0 Å². The molecule has 0 radical (unpaired) electrons. The molecule has 1 atom stereocenters. The zero-order valence-electron chi connectivity index (χ0n) is 15.1. The Kier molecular flexibility index (Phi) is 4.32. The summed E-state index contributed by atoms with van der Waals surface area (Å²) >= 11 is 0. The number of likely N-dealkylation sites (tertiary alicyclic amines) is 1. The van der Waals surface area contributed by atoms with E-state index in [1.165, 1.54) is 0 Å². The molecule has 4 rings (SSSR count). The molecule has 6 nitrogen and oxygen atoms in total. The molecule has 0 N–H and O–H groups in total. The highest BCUT2D eigenvalue weighted by Gasteiger charge is 2.28. The third kappa shape index (κ3) is 3.03. The van der Waals surface area contributed by atoms with Gasteiger partial charge in [-0.15, -0.1) is 5.10 Å². The summed E-state index contributed by atoms with van der Waals surface area (Å²) in [6, 6.07) is 10.0. The fourth-order valence-electron chi connectivity index (χ4n) is 3.38. The van der Waals surface area contributed by atoms with E-state index in [1.54, 1.807) is 17.2 Å². The number of aryl methyl sites for hydroxylation is 1. The minimum absolute atomic E-state index is 0.104. The van der Waals surface area contributed by atoms with Crippen molar-refractivity contribution >= 4 is 5.91 Å². The molecule has 0 saturated carbocycles. The molecule has 6 heteroatoms. The Balaban J connectivity index is 1.76. The van der Waals surface area contributed by atoms with Crippen molar-refractivity contribution in [2.75, 3.05) is 6.54 Å². The van der Waals surface area contributed by atoms with Crippen molar-refractivity contribution in [1.29, 1.82) is 0 Å². The Bertz CT molecular complexity index is 897. The lowest BCUT2D eigenvalue weighted by Crippen LogP contribution is -2.42. The van der Waals surface area contributed by atoms with E-state index in [0.29, 0.717) is 5.82 Å². The first-order valence-electron chi connectivity index (χ1n) is 9.01. The highest BCUT2D eigenvalue weighted by Crippen LogP contribution is 2.24. The van der Waals surface area contributed by atoms with Crippen molar-refractivity contribution in [3.05, 3.63) is 54.2 Å². The van der Waals surface area contributed by atoms with Crippen LogP contribution in [-0.4, -0.2) is 38.2 Å². The number of aromatic nitrogens is 3. The van der Waals surface area contributed by atoms with E-state index in [9.17, 15) is 4.79 Å². The second-order valence-electron chi connectivity index (χ2n) is 6.86. The number of rotatable bonds is 3. The highest BCUT2D eigenvalue weighted by molar-refractivity contribution is 5.91. The zero-order chi connectivity index (χ0) is 18.1. The van der Waals surface area contributed by atoms with E-state index >= 15 is 0 Å². The third-order valence-corrected chi connectivity index (χ3v) is 4.92. The van der Waals surface area contributed by atoms with Gasteiger partial charge in [-0.05, 0) is 51.3 Å². The van der Waals surface area contributed by atoms with Crippen molar-refractivity contribution < 1.29 is 9.21 Å². The third-order valence-electron chi connectivity index (χ3n) is 4.92. The van der Waals surface area contributed by atoms with Crippen LogP contribution in [0.15, 0.2) is 47.3 Å². The minimum atomic E-state index is -0.104. The summed E-state index contributed by atoms with van der Waals surface area (Å²) in [5.74, 6) is 0.735. The van der Waals surface area contributed by atoms with Crippen LogP contribution in [0.3, 0.4) is 0 Å². The van der Waals surface area contributed by atoms with E-state index in [4.69, 9.17) is 4.42 Å². The van der Waals surface area contributed by atoms with Crippen LogP contribution in [-0.2, 0) is 0 Å². The lowest BCUT2D eigenvalue weighted by molar-refractivity contribution is 0.0623. The van der Waals surface area contributed by atoms with Crippen LogP contribution in [0.25, 0.3) is 17.1 Å². The molecule has 3 aromatic rings. The molecule has 1 amide bonds. The van der Waals surface area contributed by atoms with E-state index < -0.39 is 0 Å². The number of piperidine rings is 1. The molecular formula is C20H22N4O2. The van der Waals surface area contributed by atoms with Gasteiger partial charge in [0.05, 0.1) is 17.5 Å². The van der Waals surface area contributed by atoms with Crippen LogP contribution in [0.1, 0.15) is 42.4 Å². The topological polar surface area (TPSA) is 64.2 Å². The number of hydrogen-bond acceptors (Lipinski definition) is 4. The number of hydrogen-bond donors (Lipinski definition) is 0. The Morgan fingerprint density at radius 3 is 2.69 bits per heavy atom. The summed E-state index contributed by atoms with van der Waals surface area (Å²) in [6.07, 6.45) is 6.43. The number of furan rings is 1. The summed E-state index contributed by atoms with van der Waals surface area (Å²) in [4.78, 5) is 19.4. The highest BCUT2D eigenvalue weighted by atomic mass is 16.3. The van der Waals surface area contributed by atoms with Crippen LogP contribution in [0.2, 0.25) is 0 Å². The fourth-order valence-corrected chi connectivity index (χ4v) is 3.38. The smallest absolute Gasteiger partial charge is 0.293 e. The average molecular weight is 350 g/mol. The first kappa shape index (κ1) is 16.6. The molecule has 26 heavy (non-hydrogen) atoms. The van der Waals surface area contributed by atoms with Gasteiger partial charge in [0.25, 0.3) is 5.91 Å². The van der Waals surface area contributed by atoms with Crippen LogP contribution in [0, 0.1) is 6.92 Å². The first-order chi connectivity index (χ1) is 12.6. The van der Waals surface area contributed by atoms with Gasteiger partial charge in [-0.2, -0.15) is 0 Å². The number of benzene rings is 1. The molecular weight excluding hydrogens is 328 g/mol.